The number of halogens is 1. The Labute approximate surface area is 195 Å². The number of carbonyl (C=O) groups is 2. The van der Waals surface area contributed by atoms with Crippen molar-refractivity contribution in [3.05, 3.63) is 93.4 Å². The van der Waals surface area contributed by atoms with Crippen LogP contribution in [0.5, 0.6) is 5.75 Å². The van der Waals surface area contributed by atoms with Gasteiger partial charge in [-0.15, -0.1) is 0 Å². The number of nitrogens with zero attached hydrogens (tertiary/aromatic N) is 3. The van der Waals surface area contributed by atoms with Crippen molar-refractivity contribution in [2.75, 3.05) is 6.54 Å². The molecule has 2 N–H and O–H groups in total. The fourth-order valence-electron chi connectivity index (χ4n) is 4.12. The van der Waals surface area contributed by atoms with Gasteiger partial charge < -0.3 is 15.3 Å². The Morgan fingerprint density at radius 1 is 1.12 bits per heavy atom. The molecule has 4 rings (SSSR count). The number of rotatable bonds is 5. The number of piperidine rings is 1. The molecule has 8 nitrogen and oxygen atoms in total. The van der Waals surface area contributed by atoms with Gasteiger partial charge in [0.2, 0.25) is 5.75 Å². The topological polar surface area (TPSA) is 105 Å². The first-order chi connectivity index (χ1) is 16.4. The van der Waals surface area contributed by atoms with E-state index in [1.807, 2.05) is 6.07 Å². The molecule has 1 aromatic heterocycles. The summed E-state index contributed by atoms with van der Waals surface area (Å²) in [5.74, 6) is -1.85. The van der Waals surface area contributed by atoms with Gasteiger partial charge in [0.25, 0.3) is 17.4 Å². The number of likely N-dealkylation sites (tertiary alicyclic amines) is 1. The number of benzene rings is 2. The van der Waals surface area contributed by atoms with E-state index >= 15 is 0 Å². The smallest absolute Gasteiger partial charge is 0.296 e. The summed E-state index contributed by atoms with van der Waals surface area (Å²) < 4.78 is 14.3. The van der Waals surface area contributed by atoms with Crippen LogP contribution in [0.15, 0.2) is 59.4 Å². The van der Waals surface area contributed by atoms with Crippen molar-refractivity contribution in [2.45, 2.75) is 31.8 Å². The minimum absolute atomic E-state index is 0.0623. The van der Waals surface area contributed by atoms with Crippen LogP contribution in [0.1, 0.15) is 57.5 Å². The lowest BCUT2D eigenvalue weighted by Gasteiger charge is -2.36. The molecule has 0 aliphatic carbocycles. The Kier molecular flexibility index (Phi) is 6.72. The fourth-order valence-corrected chi connectivity index (χ4v) is 4.12. The molecule has 1 unspecified atom stereocenters. The van der Waals surface area contributed by atoms with E-state index in [1.165, 1.54) is 35.9 Å². The van der Waals surface area contributed by atoms with Gasteiger partial charge in [-0.25, -0.2) is 9.37 Å². The Bertz CT molecular complexity index is 1260. The molecule has 1 aliphatic rings. The van der Waals surface area contributed by atoms with Crippen molar-refractivity contribution in [1.29, 1.82) is 0 Å². The molecule has 0 saturated carbocycles. The number of hydrogen-bond donors (Lipinski definition) is 2. The van der Waals surface area contributed by atoms with Crippen LogP contribution in [0, 0.1) is 5.82 Å². The highest BCUT2D eigenvalue weighted by molar-refractivity contribution is 5.95. The monoisotopic (exact) mass is 464 g/mol. The number of aromatic hydroxyl groups is 1. The van der Waals surface area contributed by atoms with E-state index in [0.29, 0.717) is 24.1 Å². The largest absolute Gasteiger partial charge is 0.501 e. The molecule has 1 atom stereocenters. The number of hydrogen-bond acceptors (Lipinski definition) is 5. The van der Waals surface area contributed by atoms with E-state index in [1.54, 1.807) is 29.2 Å². The lowest BCUT2D eigenvalue weighted by molar-refractivity contribution is 0.0593. The highest BCUT2D eigenvalue weighted by Gasteiger charge is 2.33. The van der Waals surface area contributed by atoms with E-state index < -0.39 is 34.8 Å². The number of nitrogens with one attached hydrogen (secondary N) is 1. The van der Waals surface area contributed by atoms with Crippen LogP contribution in [-0.4, -0.2) is 37.9 Å². The molecule has 0 radical (unpaired) electrons. The zero-order valence-corrected chi connectivity index (χ0v) is 18.7. The van der Waals surface area contributed by atoms with E-state index in [4.69, 9.17) is 0 Å². The normalized spacial score (nSPS) is 15.7. The molecule has 3 aromatic rings. The van der Waals surface area contributed by atoms with Crippen molar-refractivity contribution in [3.8, 4) is 5.75 Å². The fraction of sp³-hybridized carbons (Fsp3) is 0.280. The van der Waals surface area contributed by atoms with Crippen LogP contribution >= 0.6 is 0 Å². The summed E-state index contributed by atoms with van der Waals surface area (Å²) in [6.45, 7) is 0.550. The summed E-state index contributed by atoms with van der Waals surface area (Å²) >= 11 is 0. The zero-order chi connectivity index (χ0) is 24.2. The van der Waals surface area contributed by atoms with Gasteiger partial charge in [0.05, 0.1) is 6.04 Å². The van der Waals surface area contributed by atoms with Crippen molar-refractivity contribution >= 4 is 11.8 Å². The van der Waals surface area contributed by atoms with E-state index in [2.05, 4.69) is 10.3 Å². The lowest BCUT2D eigenvalue weighted by atomic mass is 9.99. The molecule has 9 heteroatoms. The van der Waals surface area contributed by atoms with Crippen LogP contribution in [0.4, 0.5) is 4.39 Å². The van der Waals surface area contributed by atoms with Gasteiger partial charge >= 0.3 is 0 Å². The van der Waals surface area contributed by atoms with Crippen LogP contribution in [-0.2, 0) is 13.6 Å². The first kappa shape index (κ1) is 23.2. The predicted octanol–water partition coefficient (Wildman–Crippen LogP) is 2.92. The molecule has 1 saturated heterocycles. The molecule has 34 heavy (non-hydrogen) atoms. The first-order valence-corrected chi connectivity index (χ1v) is 11.1. The highest BCUT2D eigenvalue weighted by atomic mass is 19.1. The summed E-state index contributed by atoms with van der Waals surface area (Å²) in [5, 5.41) is 13.0. The van der Waals surface area contributed by atoms with Crippen molar-refractivity contribution < 1.29 is 19.1 Å². The third-order valence-corrected chi connectivity index (χ3v) is 5.97. The van der Waals surface area contributed by atoms with Gasteiger partial charge in [0.15, 0.2) is 5.69 Å². The Morgan fingerprint density at radius 2 is 1.82 bits per heavy atom. The van der Waals surface area contributed by atoms with Gasteiger partial charge in [0.1, 0.15) is 11.6 Å². The standard InChI is InChI=1S/C25H25FN4O4/c1-29-22(19-9-5-6-14-30(19)24(33)17-7-3-2-4-8-17)28-20(21(31)25(29)34)23(32)27-15-16-10-12-18(26)13-11-16/h2-4,7-8,10-13,19,31H,5-6,9,14-15H2,1H3,(H,27,32). The molecule has 1 fully saturated rings. The van der Waals surface area contributed by atoms with Gasteiger partial charge in [-0.05, 0) is 49.1 Å². The summed E-state index contributed by atoms with van der Waals surface area (Å²) in [6.07, 6.45) is 2.21. The van der Waals surface area contributed by atoms with Crippen molar-refractivity contribution in [1.82, 2.24) is 19.8 Å². The van der Waals surface area contributed by atoms with Gasteiger partial charge in [-0.2, -0.15) is 0 Å². The molecule has 2 heterocycles. The summed E-state index contributed by atoms with van der Waals surface area (Å²) in [6, 6.07) is 13.9. The maximum absolute atomic E-state index is 13.2. The average molecular weight is 464 g/mol. The number of carbonyl (C=O) groups excluding carboxylic acids is 2. The van der Waals surface area contributed by atoms with Gasteiger partial charge in [0, 0.05) is 25.7 Å². The summed E-state index contributed by atoms with van der Waals surface area (Å²) in [4.78, 5) is 44.8. The molecular formula is C25H25FN4O4. The van der Waals surface area contributed by atoms with Crippen LogP contribution < -0.4 is 10.9 Å². The van der Waals surface area contributed by atoms with Gasteiger partial charge in [-0.1, -0.05) is 30.3 Å². The molecule has 2 amide bonds. The predicted molar refractivity (Wildman–Crippen MR) is 123 cm³/mol. The molecule has 2 aromatic carbocycles. The minimum atomic E-state index is -0.769. The second kappa shape index (κ2) is 9.86. The zero-order valence-electron chi connectivity index (χ0n) is 18.7. The third kappa shape index (κ3) is 4.68. The maximum Gasteiger partial charge on any atom is 0.296 e. The van der Waals surface area contributed by atoms with E-state index in [0.717, 1.165) is 12.8 Å². The molecule has 0 bridgehead atoms. The van der Waals surface area contributed by atoms with E-state index in [9.17, 15) is 23.9 Å². The molecule has 176 valence electrons. The lowest BCUT2D eigenvalue weighted by Crippen LogP contribution is -2.42. The second-order valence-corrected chi connectivity index (χ2v) is 8.22. The Hall–Kier alpha value is -4.01. The van der Waals surface area contributed by atoms with Crippen molar-refractivity contribution in [3.63, 3.8) is 0 Å². The van der Waals surface area contributed by atoms with Crippen LogP contribution in [0.3, 0.4) is 0 Å². The maximum atomic E-state index is 13.2. The Balaban J connectivity index is 1.64. The van der Waals surface area contributed by atoms with Gasteiger partial charge in [-0.3, -0.25) is 19.0 Å². The van der Waals surface area contributed by atoms with E-state index in [-0.39, 0.29) is 18.3 Å². The summed E-state index contributed by atoms with van der Waals surface area (Å²) in [5.41, 5.74) is -0.00633. The summed E-state index contributed by atoms with van der Waals surface area (Å²) in [7, 11) is 1.46. The SMILES string of the molecule is Cn1c(C2CCCCN2C(=O)c2ccccc2)nc(C(=O)NCc2ccc(F)cc2)c(O)c1=O. The highest BCUT2D eigenvalue weighted by Crippen LogP contribution is 2.31. The first-order valence-electron chi connectivity index (χ1n) is 11.1. The minimum Gasteiger partial charge on any atom is -0.501 e. The van der Waals surface area contributed by atoms with Crippen LogP contribution in [0.2, 0.25) is 0 Å². The van der Waals surface area contributed by atoms with Crippen molar-refractivity contribution in [2.24, 2.45) is 7.05 Å². The molecule has 1 aliphatic heterocycles. The Morgan fingerprint density at radius 3 is 2.53 bits per heavy atom. The second-order valence-electron chi connectivity index (χ2n) is 8.22. The average Bonchev–Trinajstić information content (AvgIpc) is 2.87. The quantitative estimate of drug-likeness (QED) is 0.604. The molecular weight excluding hydrogens is 439 g/mol. The molecule has 0 spiro atoms. The van der Waals surface area contributed by atoms with Crippen LogP contribution in [0.25, 0.3) is 0 Å². The number of aromatic nitrogens is 2. The third-order valence-electron chi connectivity index (χ3n) is 5.97. The number of amides is 2.